The van der Waals surface area contributed by atoms with E-state index >= 15 is 0 Å². The zero-order valence-electron chi connectivity index (χ0n) is 16.1. The van der Waals surface area contributed by atoms with Crippen molar-refractivity contribution in [1.29, 1.82) is 0 Å². The molecule has 3 aromatic rings. The van der Waals surface area contributed by atoms with Gasteiger partial charge in [0.2, 0.25) is 0 Å². The van der Waals surface area contributed by atoms with Crippen molar-refractivity contribution in [3.05, 3.63) is 75.6 Å². The maximum Gasteiger partial charge on any atom is 0.154 e. The standard InChI is InChI=1S/C21H18ClF2N3O2S2/c22-16-8-20(31(28)27-21-11-30-12-26-21)17(24)9-19(16)29-10-18-15(5-2-6-25-18)13-3-1-4-14(23)7-13/h1,3-5,7-9,11-12,18,25,27H,2,6,10H2. The van der Waals surface area contributed by atoms with Crippen LogP contribution in [0, 0.1) is 11.6 Å². The third kappa shape index (κ3) is 5.30. The molecule has 2 heterocycles. The molecule has 0 amide bonds. The average molecular weight is 482 g/mol. The highest BCUT2D eigenvalue weighted by atomic mass is 35.5. The van der Waals surface area contributed by atoms with Gasteiger partial charge in [-0.15, -0.1) is 11.3 Å². The van der Waals surface area contributed by atoms with Crippen LogP contribution >= 0.6 is 22.9 Å². The fourth-order valence-corrected chi connectivity index (χ4v) is 4.94. The highest BCUT2D eigenvalue weighted by Crippen LogP contribution is 2.31. The van der Waals surface area contributed by atoms with E-state index in [1.165, 1.54) is 29.5 Å². The minimum Gasteiger partial charge on any atom is -0.490 e. The molecule has 5 nitrogen and oxygen atoms in total. The predicted octanol–water partition coefficient (Wildman–Crippen LogP) is 5.03. The smallest absolute Gasteiger partial charge is 0.154 e. The number of halogens is 3. The van der Waals surface area contributed by atoms with Crippen LogP contribution in [0.3, 0.4) is 0 Å². The number of aromatic nitrogens is 1. The summed E-state index contributed by atoms with van der Waals surface area (Å²) in [6, 6.07) is 8.53. The molecule has 2 atom stereocenters. The van der Waals surface area contributed by atoms with E-state index in [4.69, 9.17) is 16.3 Å². The minimum atomic E-state index is -1.86. The Hall–Kier alpha value is -2.33. The lowest BCUT2D eigenvalue weighted by molar-refractivity contribution is 0.287. The fraction of sp³-hybridized carbons (Fsp3) is 0.190. The first-order valence-electron chi connectivity index (χ1n) is 9.39. The van der Waals surface area contributed by atoms with Gasteiger partial charge in [0.05, 0.1) is 21.5 Å². The van der Waals surface area contributed by atoms with E-state index in [9.17, 15) is 13.0 Å². The highest BCUT2D eigenvalue weighted by molar-refractivity contribution is 7.86. The van der Waals surface area contributed by atoms with Gasteiger partial charge in [0.25, 0.3) is 0 Å². The van der Waals surface area contributed by atoms with Crippen LogP contribution in [0.2, 0.25) is 5.02 Å². The summed E-state index contributed by atoms with van der Waals surface area (Å²) < 4.78 is 49.1. The summed E-state index contributed by atoms with van der Waals surface area (Å²) in [7, 11) is -1.86. The summed E-state index contributed by atoms with van der Waals surface area (Å²) in [5.41, 5.74) is 3.25. The van der Waals surface area contributed by atoms with E-state index in [1.807, 2.05) is 12.1 Å². The molecule has 162 valence electrons. The molecule has 1 aliphatic rings. The minimum absolute atomic E-state index is 0.0958. The summed E-state index contributed by atoms with van der Waals surface area (Å²) in [4.78, 5) is 3.87. The molecule has 0 bridgehead atoms. The molecule has 0 aliphatic carbocycles. The van der Waals surface area contributed by atoms with E-state index in [0.717, 1.165) is 30.2 Å². The van der Waals surface area contributed by atoms with Gasteiger partial charge in [-0.3, -0.25) is 4.72 Å². The Balaban J connectivity index is 1.48. The number of nitrogens with zero attached hydrogens (tertiary/aromatic N) is 1. The number of hydrogen-bond donors (Lipinski definition) is 2. The first-order chi connectivity index (χ1) is 15.0. The van der Waals surface area contributed by atoms with Gasteiger partial charge in [0.1, 0.15) is 29.8 Å². The second-order valence-electron chi connectivity index (χ2n) is 6.73. The topological polar surface area (TPSA) is 63.2 Å². The predicted molar refractivity (Wildman–Crippen MR) is 120 cm³/mol. The second-order valence-corrected chi connectivity index (χ2v) is 9.04. The van der Waals surface area contributed by atoms with Crippen molar-refractivity contribution in [2.24, 2.45) is 0 Å². The van der Waals surface area contributed by atoms with Crippen LogP contribution in [0.4, 0.5) is 14.6 Å². The second kappa shape index (κ2) is 9.86. The van der Waals surface area contributed by atoms with Gasteiger partial charge in [0, 0.05) is 11.4 Å². The van der Waals surface area contributed by atoms with Gasteiger partial charge >= 0.3 is 0 Å². The van der Waals surface area contributed by atoms with Crippen LogP contribution in [-0.4, -0.2) is 28.4 Å². The number of ether oxygens (including phenoxy) is 1. The third-order valence-electron chi connectivity index (χ3n) is 4.65. The molecule has 4 rings (SSSR count). The lowest BCUT2D eigenvalue weighted by atomic mass is 9.95. The molecule has 1 aliphatic heterocycles. The molecular formula is C21H18ClF2N3O2S2. The van der Waals surface area contributed by atoms with Crippen molar-refractivity contribution in [2.45, 2.75) is 17.4 Å². The normalized spacial score (nSPS) is 17.1. The van der Waals surface area contributed by atoms with Crippen molar-refractivity contribution in [3.8, 4) is 5.75 Å². The van der Waals surface area contributed by atoms with Crippen LogP contribution in [0.5, 0.6) is 5.75 Å². The van der Waals surface area contributed by atoms with Crippen molar-refractivity contribution < 1.29 is 17.7 Å². The quantitative estimate of drug-likeness (QED) is 0.496. The lowest BCUT2D eigenvalue weighted by Gasteiger charge is -2.26. The molecule has 1 aromatic heterocycles. The molecule has 0 fully saturated rings. The van der Waals surface area contributed by atoms with Gasteiger partial charge in [-0.2, -0.15) is 0 Å². The number of rotatable bonds is 7. The van der Waals surface area contributed by atoms with Gasteiger partial charge in [-0.05, 0) is 42.3 Å². The Kier molecular flexibility index (Phi) is 6.96. The Morgan fingerprint density at radius 1 is 1.32 bits per heavy atom. The highest BCUT2D eigenvalue weighted by Gasteiger charge is 2.21. The van der Waals surface area contributed by atoms with E-state index in [0.29, 0.717) is 5.82 Å². The Labute approximate surface area is 189 Å². The summed E-state index contributed by atoms with van der Waals surface area (Å²) in [6.45, 7) is 0.913. The first kappa shape index (κ1) is 21.9. The monoisotopic (exact) mass is 481 g/mol. The number of benzene rings is 2. The molecule has 2 aromatic carbocycles. The van der Waals surface area contributed by atoms with E-state index in [-0.39, 0.29) is 34.1 Å². The summed E-state index contributed by atoms with van der Waals surface area (Å²) in [5, 5.41) is 5.13. The van der Waals surface area contributed by atoms with E-state index in [2.05, 4.69) is 15.0 Å². The van der Waals surface area contributed by atoms with Crippen LogP contribution < -0.4 is 14.8 Å². The Bertz CT molecular complexity index is 1130. The zero-order valence-corrected chi connectivity index (χ0v) is 18.5. The molecule has 2 unspecified atom stereocenters. The Morgan fingerprint density at radius 2 is 2.19 bits per heavy atom. The molecule has 0 radical (unpaired) electrons. The van der Waals surface area contributed by atoms with Gasteiger partial charge in [-0.1, -0.05) is 29.8 Å². The van der Waals surface area contributed by atoms with Crippen LogP contribution in [-0.2, 0) is 11.0 Å². The van der Waals surface area contributed by atoms with Gasteiger partial charge in [0.15, 0.2) is 11.0 Å². The largest absolute Gasteiger partial charge is 0.490 e. The van der Waals surface area contributed by atoms with Crippen molar-refractivity contribution >= 4 is 45.3 Å². The van der Waals surface area contributed by atoms with E-state index < -0.39 is 16.8 Å². The number of hydrogen-bond acceptors (Lipinski definition) is 5. The first-order valence-corrected chi connectivity index (χ1v) is 11.9. The van der Waals surface area contributed by atoms with Crippen molar-refractivity contribution in [3.63, 3.8) is 0 Å². The molecular weight excluding hydrogens is 464 g/mol. The van der Waals surface area contributed by atoms with Gasteiger partial charge in [-0.25, -0.2) is 18.0 Å². The van der Waals surface area contributed by atoms with Crippen molar-refractivity contribution in [1.82, 2.24) is 10.3 Å². The van der Waals surface area contributed by atoms with Gasteiger partial charge < -0.3 is 10.1 Å². The maximum atomic E-state index is 14.6. The number of nitrogens with one attached hydrogen (secondary N) is 2. The third-order valence-corrected chi connectivity index (χ3v) is 6.64. The Morgan fingerprint density at radius 3 is 2.97 bits per heavy atom. The molecule has 0 saturated carbocycles. The summed E-state index contributed by atoms with van der Waals surface area (Å²) >= 11 is 7.59. The zero-order chi connectivity index (χ0) is 21.8. The lowest BCUT2D eigenvalue weighted by Crippen LogP contribution is -2.38. The number of anilines is 1. The average Bonchev–Trinajstić information content (AvgIpc) is 3.27. The summed E-state index contributed by atoms with van der Waals surface area (Å²) in [5.74, 6) is -0.500. The summed E-state index contributed by atoms with van der Waals surface area (Å²) in [6.07, 6.45) is 2.85. The number of thiazole rings is 1. The molecule has 0 spiro atoms. The van der Waals surface area contributed by atoms with Crippen LogP contribution in [0.1, 0.15) is 12.0 Å². The molecule has 31 heavy (non-hydrogen) atoms. The van der Waals surface area contributed by atoms with Crippen molar-refractivity contribution in [2.75, 3.05) is 17.9 Å². The molecule has 0 saturated heterocycles. The SMILES string of the molecule is O=S(Nc1cscn1)c1cc(Cl)c(OCC2NCCC=C2c2cccc(F)c2)cc1F. The van der Waals surface area contributed by atoms with Crippen LogP contribution in [0.15, 0.2) is 58.3 Å². The van der Waals surface area contributed by atoms with E-state index in [1.54, 1.807) is 17.0 Å². The fourth-order valence-electron chi connectivity index (χ4n) is 3.22. The molecule has 2 N–H and O–H groups in total. The molecule has 10 heteroatoms. The maximum absolute atomic E-state index is 14.6. The van der Waals surface area contributed by atoms with Crippen LogP contribution in [0.25, 0.3) is 5.57 Å².